The van der Waals surface area contributed by atoms with E-state index in [1.165, 1.54) is 12.1 Å². The Kier molecular flexibility index (Phi) is 6.14. The number of nitrogens with one attached hydrogen (secondary N) is 2. The second-order valence-electron chi connectivity index (χ2n) is 6.98. The maximum Gasteiger partial charge on any atom is 0.229 e. The van der Waals surface area contributed by atoms with Gasteiger partial charge in [0.1, 0.15) is 17.5 Å². The molecule has 5 nitrogen and oxygen atoms in total. The molecule has 0 saturated carbocycles. The third-order valence-corrected chi connectivity index (χ3v) is 5.16. The first-order valence-electron chi connectivity index (χ1n) is 9.01. The van der Waals surface area contributed by atoms with Crippen molar-refractivity contribution in [2.45, 2.75) is 19.4 Å². The first-order chi connectivity index (χ1) is 13.4. The topological polar surface area (TPSA) is 61.4 Å². The Morgan fingerprint density at radius 3 is 2.72 bits per heavy atom. The normalized spacial score (nSPS) is 18.2. The van der Waals surface area contributed by atoms with Crippen LogP contribution in [0.1, 0.15) is 17.5 Å². The lowest BCUT2D eigenvalue weighted by Gasteiger charge is -2.20. The van der Waals surface area contributed by atoms with Gasteiger partial charge in [0.15, 0.2) is 0 Å². The molecule has 2 aliphatic rings. The van der Waals surface area contributed by atoms with Gasteiger partial charge in [-0.15, -0.1) is 12.4 Å². The Hall–Kier alpha value is -2.58. The Bertz CT molecular complexity index is 970. The first kappa shape index (κ1) is 21.1. The summed E-state index contributed by atoms with van der Waals surface area (Å²) in [6.07, 6.45) is 0.406. The Morgan fingerprint density at radius 1 is 1.17 bits per heavy atom. The summed E-state index contributed by atoms with van der Waals surface area (Å²) in [5, 5.41) is 5.71. The molecular weight excluding hydrogens is 407 g/mol. The lowest BCUT2D eigenvalue weighted by molar-refractivity contribution is -0.122. The first-order valence-corrected chi connectivity index (χ1v) is 9.01. The Morgan fingerprint density at radius 2 is 1.97 bits per heavy atom. The highest BCUT2D eigenvalue weighted by atomic mass is 35.5. The lowest BCUT2D eigenvalue weighted by atomic mass is 9.99. The standard InChI is InChI=1S/C20H18F3N3O2.ClH/c21-13-2-4-17(15(22)8-13)26-10-12(7-18(26)27)20(28)25-16-3-1-11-9-24-6-5-14(11)19(16)23;/h1-4,8,12,24H,5-7,9-10H2,(H,25,28);1H. The van der Waals surface area contributed by atoms with E-state index in [-0.39, 0.29) is 36.7 Å². The SMILES string of the molecule is Cl.O=C(Nc1ccc2c(c1F)CCNC2)C1CC(=O)N(c2ccc(F)cc2F)C1. The maximum absolute atomic E-state index is 14.7. The molecule has 0 bridgehead atoms. The van der Waals surface area contributed by atoms with Gasteiger partial charge in [0.25, 0.3) is 0 Å². The molecule has 2 aliphatic heterocycles. The van der Waals surface area contributed by atoms with Crippen LogP contribution in [-0.2, 0) is 22.6 Å². The molecule has 2 aromatic rings. The maximum atomic E-state index is 14.7. The molecule has 0 radical (unpaired) electrons. The highest BCUT2D eigenvalue weighted by Crippen LogP contribution is 2.30. The average Bonchev–Trinajstić information content (AvgIpc) is 3.06. The molecule has 1 saturated heterocycles. The summed E-state index contributed by atoms with van der Waals surface area (Å²) in [6.45, 7) is 1.19. The Labute approximate surface area is 171 Å². The third kappa shape index (κ3) is 4.09. The van der Waals surface area contributed by atoms with Crippen LogP contribution >= 0.6 is 12.4 Å². The highest BCUT2D eigenvalue weighted by molar-refractivity contribution is 6.03. The summed E-state index contributed by atoms with van der Waals surface area (Å²) >= 11 is 0. The fourth-order valence-corrected chi connectivity index (χ4v) is 3.68. The highest BCUT2D eigenvalue weighted by Gasteiger charge is 2.36. The second-order valence-corrected chi connectivity index (χ2v) is 6.98. The van der Waals surface area contributed by atoms with Gasteiger partial charge in [-0.1, -0.05) is 6.07 Å². The fraction of sp³-hybridized carbons (Fsp3) is 0.300. The van der Waals surface area contributed by atoms with Crippen LogP contribution in [0.3, 0.4) is 0 Å². The number of amides is 2. The van der Waals surface area contributed by atoms with Gasteiger partial charge in [-0.25, -0.2) is 13.2 Å². The lowest BCUT2D eigenvalue weighted by Crippen LogP contribution is -2.29. The molecule has 9 heteroatoms. The van der Waals surface area contributed by atoms with Crippen LogP contribution in [0.2, 0.25) is 0 Å². The van der Waals surface area contributed by atoms with Gasteiger partial charge >= 0.3 is 0 Å². The summed E-state index contributed by atoms with van der Waals surface area (Å²) in [5.41, 5.74) is 1.43. The van der Waals surface area contributed by atoms with E-state index in [4.69, 9.17) is 0 Å². The molecule has 29 heavy (non-hydrogen) atoms. The van der Waals surface area contributed by atoms with Gasteiger partial charge in [0, 0.05) is 25.6 Å². The van der Waals surface area contributed by atoms with Gasteiger partial charge in [-0.05, 0) is 42.3 Å². The van der Waals surface area contributed by atoms with Gasteiger partial charge in [0.05, 0.1) is 17.3 Å². The molecule has 0 aliphatic carbocycles. The van der Waals surface area contributed by atoms with Crippen molar-refractivity contribution in [1.29, 1.82) is 0 Å². The number of fused-ring (bicyclic) bond motifs is 1. The minimum absolute atomic E-state index is 0. The predicted molar refractivity (Wildman–Crippen MR) is 105 cm³/mol. The molecule has 154 valence electrons. The number of carbonyl (C=O) groups excluding carboxylic acids is 2. The van der Waals surface area contributed by atoms with E-state index < -0.39 is 35.2 Å². The van der Waals surface area contributed by atoms with Crippen molar-refractivity contribution in [2.24, 2.45) is 5.92 Å². The number of carbonyl (C=O) groups is 2. The van der Waals surface area contributed by atoms with Crippen LogP contribution < -0.4 is 15.5 Å². The van der Waals surface area contributed by atoms with Gasteiger partial charge in [-0.3, -0.25) is 9.59 Å². The summed E-state index contributed by atoms with van der Waals surface area (Å²) in [6, 6.07) is 6.18. The van der Waals surface area contributed by atoms with Gasteiger partial charge in [-0.2, -0.15) is 0 Å². The molecule has 1 unspecified atom stereocenters. The van der Waals surface area contributed by atoms with E-state index >= 15 is 0 Å². The van der Waals surface area contributed by atoms with Gasteiger partial charge in [0.2, 0.25) is 11.8 Å². The summed E-state index contributed by atoms with van der Waals surface area (Å²) in [5.74, 6) is -3.79. The Balaban J connectivity index is 0.00000240. The van der Waals surface area contributed by atoms with E-state index in [1.807, 2.05) is 0 Å². The minimum atomic E-state index is -0.872. The zero-order valence-electron chi connectivity index (χ0n) is 15.3. The zero-order chi connectivity index (χ0) is 19.8. The van der Waals surface area contributed by atoms with Crippen LogP contribution in [0.15, 0.2) is 30.3 Å². The molecule has 1 fully saturated rings. The van der Waals surface area contributed by atoms with Crippen molar-refractivity contribution < 1.29 is 22.8 Å². The third-order valence-electron chi connectivity index (χ3n) is 5.16. The van der Waals surface area contributed by atoms with Crippen LogP contribution in [0.4, 0.5) is 24.5 Å². The molecular formula is C20H19ClF3N3O2. The van der Waals surface area contributed by atoms with E-state index in [2.05, 4.69) is 10.6 Å². The van der Waals surface area contributed by atoms with Crippen molar-refractivity contribution in [2.75, 3.05) is 23.3 Å². The molecule has 2 heterocycles. The minimum Gasteiger partial charge on any atom is -0.323 e. The van der Waals surface area contributed by atoms with Crippen LogP contribution in [0.25, 0.3) is 0 Å². The van der Waals surface area contributed by atoms with Gasteiger partial charge < -0.3 is 15.5 Å². The van der Waals surface area contributed by atoms with E-state index in [0.29, 0.717) is 31.1 Å². The van der Waals surface area contributed by atoms with Crippen molar-refractivity contribution in [3.63, 3.8) is 0 Å². The van der Waals surface area contributed by atoms with E-state index in [9.17, 15) is 22.8 Å². The zero-order valence-corrected chi connectivity index (χ0v) is 16.1. The average molecular weight is 426 g/mol. The number of nitrogens with zero attached hydrogens (tertiary/aromatic N) is 1. The van der Waals surface area contributed by atoms with E-state index in [0.717, 1.165) is 16.5 Å². The van der Waals surface area contributed by atoms with Crippen molar-refractivity contribution in [3.05, 3.63) is 58.9 Å². The molecule has 0 aromatic heterocycles. The molecule has 0 spiro atoms. The summed E-state index contributed by atoms with van der Waals surface area (Å²) < 4.78 is 41.8. The smallest absolute Gasteiger partial charge is 0.229 e. The molecule has 2 N–H and O–H groups in total. The van der Waals surface area contributed by atoms with Crippen molar-refractivity contribution >= 4 is 35.6 Å². The predicted octanol–water partition coefficient (Wildman–Crippen LogP) is 3.16. The van der Waals surface area contributed by atoms with Crippen LogP contribution in [0.5, 0.6) is 0 Å². The monoisotopic (exact) mass is 425 g/mol. The van der Waals surface area contributed by atoms with Crippen LogP contribution in [0, 0.1) is 23.4 Å². The van der Waals surface area contributed by atoms with Crippen LogP contribution in [-0.4, -0.2) is 24.9 Å². The fourth-order valence-electron chi connectivity index (χ4n) is 3.68. The largest absolute Gasteiger partial charge is 0.323 e. The number of benzene rings is 2. The van der Waals surface area contributed by atoms with Crippen molar-refractivity contribution in [3.8, 4) is 0 Å². The molecule has 1 atom stereocenters. The van der Waals surface area contributed by atoms with Crippen molar-refractivity contribution in [1.82, 2.24) is 5.32 Å². The molecule has 2 aromatic carbocycles. The summed E-state index contributed by atoms with van der Waals surface area (Å²) in [7, 11) is 0. The molecule has 4 rings (SSSR count). The summed E-state index contributed by atoms with van der Waals surface area (Å²) in [4.78, 5) is 25.9. The number of hydrogen-bond donors (Lipinski definition) is 2. The number of anilines is 2. The number of rotatable bonds is 3. The molecule has 2 amide bonds. The second kappa shape index (κ2) is 8.42. The quantitative estimate of drug-likeness (QED) is 0.794. The van der Waals surface area contributed by atoms with E-state index in [1.54, 1.807) is 6.07 Å². The number of hydrogen-bond acceptors (Lipinski definition) is 3. The number of halogens is 4.